The summed E-state index contributed by atoms with van der Waals surface area (Å²) < 4.78 is 5.08. The Balaban J connectivity index is 2.59. The van der Waals surface area contributed by atoms with Gasteiger partial charge in [0.1, 0.15) is 11.3 Å². The van der Waals surface area contributed by atoms with Gasteiger partial charge in [-0.2, -0.15) is 10.3 Å². The summed E-state index contributed by atoms with van der Waals surface area (Å²) >= 11 is 0. The summed E-state index contributed by atoms with van der Waals surface area (Å²) in [4.78, 5) is 11.4. The van der Waals surface area contributed by atoms with Crippen molar-refractivity contribution in [3.05, 3.63) is 5.69 Å². The van der Waals surface area contributed by atoms with Crippen LogP contribution in [0.15, 0.2) is 0 Å². The summed E-state index contributed by atoms with van der Waals surface area (Å²) in [5.41, 5.74) is 0.195. The summed E-state index contributed by atoms with van der Waals surface area (Å²) in [6, 6.07) is 0. The van der Waals surface area contributed by atoms with Crippen molar-refractivity contribution in [3.8, 4) is 0 Å². The van der Waals surface area contributed by atoms with Crippen LogP contribution in [0.4, 0.5) is 10.6 Å². The molecular formula is C9H16N4O2. The van der Waals surface area contributed by atoms with E-state index in [0.29, 0.717) is 17.9 Å². The summed E-state index contributed by atoms with van der Waals surface area (Å²) in [6.07, 6.45) is 0.174. The van der Waals surface area contributed by atoms with Gasteiger partial charge in [-0.3, -0.25) is 5.32 Å². The van der Waals surface area contributed by atoms with Crippen molar-refractivity contribution in [1.29, 1.82) is 0 Å². The monoisotopic (exact) mass is 212 g/mol. The maximum atomic E-state index is 11.4. The predicted octanol–water partition coefficient (Wildman–Crippen LogP) is 1.71. The fourth-order valence-electron chi connectivity index (χ4n) is 1.000. The summed E-state index contributed by atoms with van der Waals surface area (Å²) in [6.45, 7) is 7.33. The van der Waals surface area contributed by atoms with Crippen molar-refractivity contribution >= 4 is 11.9 Å². The van der Waals surface area contributed by atoms with E-state index in [1.807, 2.05) is 6.92 Å². The first-order valence-corrected chi connectivity index (χ1v) is 4.82. The summed E-state index contributed by atoms with van der Waals surface area (Å²) in [5, 5.41) is 12.7. The Bertz CT molecular complexity index is 340. The highest BCUT2D eigenvalue weighted by molar-refractivity contribution is 5.84. The van der Waals surface area contributed by atoms with Gasteiger partial charge in [-0.1, -0.05) is 6.92 Å². The lowest BCUT2D eigenvalue weighted by atomic mass is 10.2. The number of carbonyl (C=O) groups is 1. The molecule has 1 rings (SSSR count). The molecule has 0 aliphatic heterocycles. The first kappa shape index (κ1) is 11.5. The molecule has 0 fully saturated rings. The van der Waals surface area contributed by atoms with Gasteiger partial charge in [-0.25, -0.2) is 4.79 Å². The van der Waals surface area contributed by atoms with Crippen LogP contribution in [-0.4, -0.2) is 27.1 Å². The third-order valence-corrected chi connectivity index (χ3v) is 1.57. The highest BCUT2D eigenvalue weighted by Crippen LogP contribution is 2.12. The normalized spacial score (nSPS) is 11.2. The average molecular weight is 212 g/mol. The molecule has 1 heterocycles. The molecule has 2 N–H and O–H groups in total. The number of aromatic amines is 1. The Labute approximate surface area is 88.4 Å². The topological polar surface area (TPSA) is 79.9 Å². The molecule has 0 bridgehead atoms. The lowest BCUT2D eigenvalue weighted by molar-refractivity contribution is 0.0635. The number of amides is 1. The Hall–Kier alpha value is -1.59. The maximum absolute atomic E-state index is 11.4. The van der Waals surface area contributed by atoms with Gasteiger partial charge in [0.25, 0.3) is 0 Å². The van der Waals surface area contributed by atoms with Gasteiger partial charge in [0.05, 0.1) is 0 Å². The third-order valence-electron chi connectivity index (χ3n) is 1.57. The van der Waals surface area contributed by atoms with Gasteiger partial charge in [0.2, 0.25) is 0 Å². The molecule has 0 aliphatic rings. The van der Waals surface area contributed by atoms with Crippen LogP contribution in [0.5, 0.6) is 0 Å². The van der Waals surface area contributed by atoms with Crippen molar-refractivity contribution in [1.82, 2.24) is 15.4 Å². The van der Waals surface area contributed by atoms with Gasteiger partial charge in [-0.05, 0) is 27.2 Å². The molecule has 0 saturated carbocycles. The van der Waals surface area contributed by atoms with Crippen LogP contribution in [0.1, 0.15) is 33.4 Å². The standard InChI is InChI=1S/C9H16N4O2/c1-5-6-7(12-13-11-6)10-8(14)15-9(2,3)4/h5H2,1-4H3,(H2,10,11,12,13,14). The van der Waals surface area contributed by atoms with E-state index in [2.05, 4.69) is 20.7 Å². The number of rotatable bonds is 2. The van der Waals surface area contributed by atoms with Crippen molar-refractivity contribution in [2.75, 3.05) is 5.32 Å². The van der Waals surface area contributed by atoms with Crippen LogP contribution in [-0.2, 0) is 11.2 Å². The molecule has 1 aromatic rings. The average Bonchev–Trinajstić information content (AvgIpc) is 2.48. The minimum Gasteiger partial charge on any atom is -0.444 e. The number of nitrogens with zero attached hydrogens (tertiary/aromatic N) is 2. The molecule has 0 aliphatic carbocycles. The van der Waals surface area contributed by atoms with Crippen LogP contribution in [0.3, 0.4) is 0 Å². The second-order valence-corrected chi connectivity index (χ2v) is 4.10. The number of ether oxygens (including phenoxy) is 1. The maximum Gasteiger partial charge on any atom is 0.413 e. The Morgan fingerprint density at radius 3 is 2.67 bits per heavy atom. The molecule has 6 nitrogen and oxygen atoms in total. The predicted molar refractivity (Wildman–Crippen MR) is 55.6 cm³/mol. The van der Waals surface area contributed by atoms with Gasteiger partial charge in [-0.15, -0.1) is 5.10 Å². The lowest BCUT2D eigenvalue weighted by Gasteiger charge is -2.19. The molecule has 6 heteroatoms. The Kier molecular flexibility index (Phi) is 3.28. The number of hydrogen-bond acceptors (Lipinski definition) is 4. The SMILES string of the molecule is CCc1n[nH]nc1NC(=O)OC(C)(C)C. The molecule has 15 heavy (non-hydrogen) atoms. The van der Waals surface area contributed by atoms with E-state index in [1.54, 1.807) is 20.8 Å². The number of hydrogen-bond donors (Lipinski definition) is 2. The molecule has 0 unspecified atom stereocenters. The highest BCUT2D eigenvalue weighted by atomic mass is 16.6. The molecule has 0 atom stereocenters. The van der Waals surface area contributed by atoms with Gasteiger partial charge in [0, 0.05) is 0 Å². The molecule has 0 spiro atoms. The van der Waals surface area contributed by atoms with Crippen molar-refractivity contribution in [2.24, 2.45) is 0 Å². The minimum absolute atomic E-state index is 0.423. The zero-order chi connectivity index (χ0) is 11.5. The molecule has 1 aromatic heterocycles. The van der Waals surface area contributed by atoms with E-state index in [9.17, 15) is 4.79 Å². The Morgan fingerprint density at radius 1 is 1.47 bits per heavy atom. The van der Waals surface area contributed by atoms with Crippen LogP contribution in [0, 0.1) is 0 Å². The van der Waals surface area contributed by atoms with Crippen molar-refractivity contribution in [2.45, 2.75) is 39.7 Å². The first-order valence-electron chi connectivity index (χ1n) is 4.82. The van der Waals surface area contributed by atoms with Gasteiger partial charge in [0.15, 0.2) is 5.82 Å². The van der Waals surface area contributed by atoms with Crippen LogP contribution < -0.4 is 5.32 Å². The number of anilines is 1. The quantitative estimate of drug-likeness (QED) is 0.782. The van der Waals surface area contributed by atoms with Gasteiger partial charge >= 0.3 is 6.09 Å². The van der Waals surface area contributed by atoms with Crippen molar-refractivity contribution < 1.29 is 9.53 Å². The summed E-state index contributed by atoms with van der Waals surface area (Å²) in [5.74, 6) is 0.423. The highest BCUT2D eigenvalue weighted by Gasteiger charge is 2.18. The summed E-state index contributed by atoms with van der Waals surface area (Å²) in [7, 11) is 0. The number of nitrogens with one attached hydrogen (secondary N) is 2. The molecule has 0 radical (unpaired) electrons. The fraction of sp³-hybridized carbons (Fsp3) is 0.667. The van der Waals surface area contributed by atoms with E-state index >= 15 is 0 Å². The smallest absolute Gasteiger partial charge is 0.413 e. The molecule has 0 saturated heterocycles. The molecular weight excluding hydrogens is 196 g/mol. The zero-order valence-corrected chi connectivity index (χ0v) is 9.42. The first-order chi connectivity index (χ1) is 6.92. The van der Waals surface area contributed by atoms with Crippen LogP contribution in [0.2, 0.25) is 0 Å². The zero-order valence-electron chi connectivity index (χ0n) is 9.42. The van der Waals surface area contributed by atoms with Crippen molar-refractivity contribution in [3.63, 3.8) is 0 Å². The third kappa shape index (κ3) is 3.57. The second-order valence-electron chi connectivity index (χ2n) is 4.10. The van der Waals surface area contributed by atoms with E-state index in [1.165, 1.54) is 0 Å². The number of carbonyl (C=O) groups excluding carboxylic acids is 1. The largest absolute Gasteiger partial charge is 0.444 e. The van der Waals surface area contributed by atoms with E-state index in [0.717, 1.165) is 0 Å². The van der Waals surface area contributed by atoms with Gasteiger partial charge < -0.3 is 4.74 Å². The fourth-order valence-corrected chi connectivity index (χ4v) is 1.000. The molecule has 84 valence electrons. The van der Waals surface area contributed by atoms with E-state index in [4.69, 9.17) is 4.74 Å². The number of aromatic nitrogens is 3. The van der Waals surface area contributed by atoms with Crippen LogP contribution >= 0.6 is 0 Å². The molecule has 1 amide bonds. The number of H-pyrrole nitrogens is 1. The Morgan fingerprint density at radius 2 is 2.13 bits per heavy atom. The van der Waals surface area contributed by atoms with Crippen LogP contribution in [0.25, 0.3) is 0 Å². The lowest BCUT2D eigenvalue weighted by Crippen LogP contribution is -2.27. The van der Waals surface area contributed by atoms with E-state index < -0.39 is 11.7 Å². The van der Waals surface area contributed by atoms with E-state index in [-0.39, 0.29) is 0 Å². The molecule has 0 aromatic carbocycles. The minimum atomic E-state index is -0.522. The number of aryl methyl sites for hydroxylation is 1. The second kappa shape index (κ2) is 4.29.